The molecule has 3 rings (SSSR count). The molecule has 5 N–H and O–H groups in total. The molecule has 2 aromatic rings. The number of aryl methyl sites for hydroxylation is 2. The smallest absolute Gasteiger partial charge is 0.120 e. The fourth-order valence-corrected chi connectivity index (χ4v) is 4.90. The van der Waals surface area contributed by atoms with E-state index in [0.717, 1.165) is 16.7 Å². The van der Waals surface area contributed by atoms with E-state index in [4.69, 9.17) is 0 Å². The highest BCUT2D eigenvalue weighted by molar-refractivity contribution is 8.00. The largest absolute Gasteiger partial charge is 0.508 e. The molecule has 1 heterocycles. The van der Waals surface area contributed by atoms with Gasteiger partial charge in [-0.05, 0) is 43.0 Å². The lowest BCUT2D eigenvalue weighted by Crippen LogP contribution is -2.51. The number of aromatic hydroxyl groups is 1. The second kappa shape index (κ2) is 10.5. The van der Waals surface area contributed by atoms with Crippen molar-refractivity contribution >= 4 is 11.8 Å². The van der Waals surface area contributed by atoms with E-state index in [1.807, 2.05) is 33.8 Å². The second-order valence-electron chi connectivity index (χ2n) is 7.25. The topological polar surface area (TPSA) is 101 Å². The molecule has 0 radical (unpaired) electrons. The summed E-state index contributed by atoms with van der Waals surface area (Å²) in [5, 5.41) is 49.3. The zero-order valence-corrected chi connectivity index (χ0v) is 18.2. The lowest BCUT2D eigenvalue weighted by atomic mass is 9.92. The monoisotopic (exact) mass is 420 g/mol. The van der Waals surface area contributed by atoms with Crippen LogP contribution < -0.4 is 0 Å². The Morgan fingerprint density at radius 3 is 2.10 bits per heavy atom. The van der Waals surface area contributed by atoms with Crippen molar-refractivity contribution in [3.8, 4) is 5.75 Å². The lowest BCUT2D eigenvalue weighted by molar-refractivity contribution is -0.0701. The van der Waals surface area contributed by atoms with E-state index in [1.54, 1.807) is 6.07 Å². The van der Waals surface area contributed by atoms with Gasteiger partial charge in [-0.15, -0.1) is 11.8 Å². The second-order valence-corrected chi connectivity index (χ2v) is 8.63. The van der Waals surface area contributed by atoms with Gasteiger partial charge in [0.15, 0.2) is 0 Å². The van der Waals surface area contributed by atoms with Gasteiger partial charge in [0.25, 0.3) is 0 Å². The van der Waals surface area contributed by atoms with Gasteiger partial charge >= 0.3 is 0 Å². The van der Waals surface area contributed by atoms with Crippen LogP contribution in [0, 0.1) is 13.8 Å². The van der Waals surface area contributed by atoms with E-state index in [0.29, 0.717) is 12.0 Å². The number of aliphatic hydroxyl groups excluding tert-OH is 4. The summed E-state index contributed by atoms with van der Waals surface area (Å²) in [6, 6.07) is 11.7. The van der Waals surface area contributed by atoms with Crippen LogP contribution in [0.3, 0.4) is 0 Å². The van der Waals surface area contributed by atoms with E-state index >= 15 is 0 Å². The van der Waals surface area contributed by atoms with E-state index in [9.17, 15) is 25.5 Å². The normalized spacial score (nSPS) is 26.6. The molecule has 5 nitrogen and oxygen atoms in total. The number of hydrogen-bond donors (Lipinski definition) is 5. The van der Waals surface area contributed by atoms with Crippen molar-refractivity contribution < 1.29 is 25.5 Å². The average Bonchev–Trinajstić information content (AvgIpc) is 2.72. The predicted molar refractivity (Wildman–Crippen MR) is 117 cm³/mol. The van der Waals surface area contributed by atoms with Gasteiger partial charge in [0, 0.05) is 5.56 Å². The Bertz CT molecular complexity index is 791. The first kappa shape index (κ1) is 23.7. The number of rotatable bonds is 4. The van der Waals surface area contributed by atoms with Crippen LogP contribution in [0.4, 0.5) is 0 Å². The van der Waals surface area contributed by atoms with Crippen LogP contribution in [-0.4, -0.2) is 55.7 Å². The van der Waals surface area contributed by atoms with E-state index in [-0.39, 0.29) is 12.4 Å². The molecule has 29 heavy (non-hydrogen) atoms. The standard InChI is InChI=1S/C21H26O5S.C2H6/c1-11-3-5-13(6-4-11)8-14-9-15(16(23)7-12(14)2)21-20(26)19(25)18(24)17(10-22)27-21;1-2/h3-7,9,17-26H,8,10H2,1-2H3;1-2H3/t17-,18-,19+,20-,21+;/m1./s1. The molecule has 6 heteroatoms. The molecule has 1 aliphatic rings. The van der Waals surface area contributed by atoms with Crippen molar-refractivity contribution in [3.05, 3.63) is 64.2 Å². The van der Waals surface area contributed by atoms with Crippen molar-refractivity contribution in [1.82, 2.24) is 0 Å². The molecule has 0 aliphatic carbocycles. The van der Waals surface area contributed by atoms with Crippen LogP contribution in [0.15, 0.2) is 36.4 Å². The Kier molecular flexibility index (Phi) is 8.55. The molecule has 0 spiro atoms. The molecule has 160 valence electrons. The summed E-state index contributed by atoms with van der Waals surface area (Å²) in [6.07, 6.45) is -3.16. The van der Waals surface area contributed by atoms with Gasteiger partial charge in [-0.3, -0.25) is 0 Å². The van der Waals surface area contributed by atoms with Crippen molar-refractivity contribution in [1.29, 1.82) is 0 Å². The van der Waals surface area contributed by atoms with Crippen molar-refractivity contribution in [3.63, 3.8) is 0 Å². The number of benzene rings is 2. The Morgan fingerprint density at radius 2 is 1.52 bits per heavy atom. The minimum absolute atomic E-state index is 0.0389. The lowest BCUT2D eigenvalue weighted by Gasteiger charge is -2.40. The maximum absolute atomic E-state index is 10.5. The van der Waals surface area contributed by atoms with Crippen LogP contribution in [0.25, 0.3) is 0 Å². The first-order chi connectivity index (χ1) is 13.8. The number of hydrogen-bond acceptors (Lipinski definition) is 6. The van der Waals surface area contributed by atoms with E-state index in [2.05, 4.69) is 24.3 Å². The number of thioether (sulfide) groups is 1. The zero-order chi connectivity index (χ0) is 21.7. The molecule has 2 aromatic carbocycles. The van der Waals surface area contributed by atoms with Gasteiger partial charge in [0.05, 0.1) is 29.3 Å². The molecular weight excluding hydrogens is 388 g/mol. The Morgan fingerprint density at radius 1 is 0.897 bits per heavy atom. The average molecular weight is 421 g/mol. The summed E-state index contributed by atoms with van der Waals surface area (Å²) >= 11 is 1.17. The molecule has 0 amide bonds. The minimum atomic E-state index is -1.38. The molecule has 0 aromatic heterocycles. The molecule has 1 saturated heterocycles. The summed E-state index contributed by atoms with van der Waals surface area (Å²) in [4.78, 5) is 0. The van der Waals surface area contributed by atoms with Crippen molar-refractivity contribution in [2.75, 3.05) is 6.61 Å². The molecule has 5 atom stereocenters. The summed E-state index contributed by atoms with van der Waals surface area (Å²) < 4.78 is 0. The number of phenols is 1. The highest BCUT2D eigenvalue weighted by atomic mass is 32.2. The van der Waals surface area contributed by atoms with Gasteiger partial charge in [-0.1, -0.05) is 49.7 Å². The van der Waals surface area contributed by atoms with Crippen LogP contribution >= 0.6 is 11.8 Å². The Hall–Kier alpha value is -1.57. The first-order valence-corrected chi connectivity index (χ1v) is 10.9. The number of phenolic OH excluding ortho intramolecular Hbond substituents is 1. The first-order valence-electron chi connectivity index (χ1n) is 10.00. The van der Waals surface area contributed by atoms with Crippen LogP contribution in [-0.2, 0) is 6.42 Å². The van der Waals surface area contributed by atoms with Crippen molar-refractivity contribution in [2.24, 2.45) is 0 Å². The van der Waals surface area contributed by atoms with E-state index < -0.39 is 28.8 Å². The summed E-state index contributed by atoms with van der Waals surface area (Å²) in [5.74, 6) is 0.0389. The summed E-state index contributed by atoms with van der Waals surface area (Å²) in [5.41, 5.74) is 4.78. The fraction of sp³-hybridized carbons (Fsp3) is 0.478. The maximum Gasteiger partial charge on any atom is 0.120 e. The third-order valence-corrected chi connectivity index (χ3v) is 6.80. The number of aliphatic hydroxyl groups is 4. The molecule has 0 unspecified atom stereocenters. The summed E-state index contributed by atoms with van der Waals surface area (Å²) in [7, 11) is 0. The minimum Gasteiger partial charge on any atom is -0.508 e. The highest BCUT2D eigenvalue weighted by Crippen LogP contribution is 2.46. The maximum atomic E-state index is 10.5. The van der Waals surface area contributed by atoms with Crippen LogP contribution in [0.2, 0.25) is 0 Å². The van der Waals surface area contributed by atoms with E-state index in [1.165, 1.54) is 17.3 Å². The van der Waals surface area contributed by atoms with Crippen LogP contribution in [0.5, 0.6) is 5.75 Å². The van der Waals surface area contributed by atoms with Gasteiger partial charge in [0.1, 0.15) is 11.9 Å². The molecule has 1 fully saturated rings. The third-order valence-electron chi connectivity index (χ3n) is 5.20. The van der Waals surface area contributed by atoms with Gasteiger partial charge in [0.2, 0.25) is 0 Å². The highest BCUT2D eigenvalue weighted by Gasteiger charge is 2.44. The van der Waals surface area contributed by atoms with Crippen LogP contribution in [0.1, 0.15) is 46.9 Å². The summed E-state index contributed by atoms with van der Waals surface area (Å²) in [6.45, 7) is 7.63. The van der Waals surface area contributed by atoms with Crippen molar-refractivity contribution in [2.45, 2.75) is 62.9 Å². The predicted octanol–water partition coefficient (Wildman–Crippen LogP) is 2.86. The third kappa shape index (κ3) is 5.32. The molecule has 0 saturated carbocycles. The zero-order valence-electron chi connectivity index (χ0n) is 17.4. The molecule has 1 aliphatic heterocycles. The van der Waals surface area contributed by atoms with Gasteiger partial charge < -0.3 is 25.5 Å². The Balaban J connectivity index is 0.00000145. The fourth-order valence-electron chi connectivity index (χ4n) is 3.46. The quantitative estimate of drug-likeness (QED) is 0.521. The molecular formula is C23H32O5S. The van der Waals surface area contributed by atoms with Gasteiger partial charge in [-0.2, -0.15) is 0 Å². The molecule has 0 bridgehead atoms. The SMILES string of the molecule is CC.Cc1ccc(Cc2cc([C@@H]3S[C@H](CO)[C@@H](O)[C@H](O)[C@H]3O)c(O)cc2C)cc1. The van der Waals surface area contributed by atoms with Gasteiger partial charge in [-0.25, -0.2) is 0 Å². The Labute approximate surface area is 177 Å².